The van der Waals surface area contributed by atoms with Crippen LogP contribution in [0.3, 0.4) is 0 Å². The first-order valence-corrected chi connectivity index (χ1v) is 8.55. The zero-order chi connectivity index (χ0) is 18.4. The van der Waals surface area contributed by atoms with E-state index >= 15 is 0 Å². The van der Waals surface area contributed by atoms with Gasteiger partial charge in [0.2, 0.25) is 0 Å². The van der Waals surface area contributed by atoms with Gasteiger partial charge in [0.05, 0.1) is 11.2 Å². The lowest BCUT2D eigenvalue weighted by Gasteiger charge is -2.31. The van der Waals surface area contributed by atoms with Gasteiger partial charge in [0, 0.05) is 19.0 Å². The Balaban J connectivity index is 2.06. The van der Waals surface area contributed by atoms with Crippen molar-refractivity contribution >= 4 is 25.2 Å². The van der Waals surface area contributed by atoms with Gasteiger partial charge >= 0.3 is 14.1 Å². The number of aryl methyl sites for hydroxylation is 1. The summed E-state index contributed by atoms with van der Waals surface area (Å²) in [6.07, 6.45) is 1.37. The van der Waals surface area contributed by atoms with Crippen LogP contribution in [0.1, 0.15) is 51.0 Å². The van der Waals surface area contributed by atoms with E-state index in [1.54, 1.807) is 9.58 Å². The summed E-state index contributed by atoms with van der Waals surface area (Å²) in [5, 5.41) is 5.04. The van der Waals surface area contributed by atoms with Crippen LogP contribution < -0.4 is 5.56 Å². The number of hydrogen-bond acceptors (Lipinski definition) is 5. The maximum Gasteiger partial charge on any atom is 0.391 e. The fraction of sp³-hybridized carbons (Fsp3) is 0.625. The highest BCUT2D eigenvalue weighted by Gasteiger charge is 2.28. The average Bonchev–Trinajstić information content (AvgIpc) is 2.91. The molecule has 1 fully saturated rings. The molecule has 0 aromatic carbocycles. The monoisotopic (exact) mass is 345 g/mol. The Morgan fingerprint density at radius 2 is 2.12 bits per heavy atom. The Morgan fingerprint density at radius 3 is 2.76 bits per heavy atom. The smallest absolute Gasteiger partial charge is 0.391 e. The molecule has 0 saturated carbocycles. The van der Waals surface area contributed by atoms with Gasteiger partial charge in [0.15, 0.2) is 5.65 Å². The molecule has 25 heavy (non-hydrogen) atoms. The maximum atomic E-state index is 12.6. The summed E-state index contributed by atoms with van der Waals surface area (Å²) < 4.78 is 6.62. The molecule has 134 valence electrons. The molecule has 0 aliphatic carbocycles. The van der Waals surface area contributed by atoms with Gasteiger partial charge in [-0.3, -0.25) is 4.79 Å². The third kappa shape index (κ3) is 3.15. The van der Waals surface area contributed by atoms with Crippen LogP contribution in [0.25, 0.3) is 11.0 Å². The molecule has 1 saturated heterocycles. The van der Waals surface area contributed by atoms with E-state index in [-0.39, 0.29) is 23.1 Å². The molecule has 1 aliphatic rings. The number of likely N-dealkylation sites (tertiary alicyclic amines) is 1. The van der Waals surface area contributed by atoms with Crippen molar-refractivity contribution in [2.24, 2.45) is 0 Å². The van der Waals surface area contributed by atoms with Crippen molar-refractivity contribution in [1.29, 1.82) is 0 Å². The van der Waals surface area contributed by atoms with E-state index in [9.17, 15) is 9.59 Å². The highest BCUT2D eigenvalue weighted by molar-refractivity contribution is 6.05. The van der Waals surface area contributed by atoms with Crippen LogP contribution in [0.2, 0.25) is 0 Å². The van der Waals surface area contributed by atoms with E-state index in [4.69, 9.17) is 9.64 Å². The zero-order valence-electron chi connectivity index (χ0n) is 15.4. The molecule has 3 rings (SSSR count). The van der Waals surface area contributed by atoms with E-state index in [0.29, 0.717) is 35.6 Å². The molecule has 1 amide bonds. The van der Waals surface area contributed by atoms with Crippen molar-refractivity contribution in [2.45, 2.75) is 52.0 Å². The minimum atomic E-state index is -0.344. The van der Waals surface area contributed by atoms with Gasteiger partial charge in [0.1, 0.15) is 11.2 Å². The number of carbonyl (C=O) groups is 1. The van der Waals surface area contributed by atoms with E-state index in [1.807, 2.05) is 27.7 Å². The molecular formula is C16H24BN5O3. The molecule has 1 N–H and O–H groups in total. The number of nitrogens with zero attached hydrogens (tertiary/aromatic N) is 4. The summed E-state index contributed by atoms with van der Waals surface area (Å²) in [7, 11) is 1.38. The van der Waals surface area contributed by atoms with Gasteiger partial charge < -0.3 is 14.5 Å². The van der Waals surface area contributed by atoms with Gasteiger partial charge in [0.25, 0.3) is 5.56 Å². The van der Waals surface area contributed by atoms with Gasteiger partial charge in [-0.1, -0.05) is 0 Å². The van der Waals surface area contributed by atoms with Crippen LogP contribution in [0, 0.1) is 6.92 Å². The third-order valence-electron chi connectivity index (χ3n) is 4.61. The number of H-pyrrole nitrogens is 1. The lowest BCUT2D eigenvalue weighted by atomic mass is 9.97. The number of nitrogens with one attached hydrogen (secondary N) is 1. The number of hydrogen-bond donors (Lipinski definition) is 1. The quantitative estimate of drug-likeness (QED) is 0.780. The predicted molar refractivity (Wildman–Crippen MR) is 96.5 cm³/mol. The summed E-state index contributed by atoms with van der Waals surface area (Å²) in [6, 6.07) is 0. The number of rotatable bonds is 1. The average molecular weight is 345 g/mol. The molecule has 9 heteroatoms. The number of piperidine rings is 1. The Kier molecular flexibility index (Phi) is 4.34. The molecule has 8 nitrogen and oxygen atoms in total. The van der Waals surface area contributed by atoms with E-state index < -0.39 is 0 Å². The fourth-order valence-electron chi connectivity index (χ4n) is 3.36. The molecule has 1 unspecified atom stereocenters. The molecule has 1 atom stereocenters. The van der Waals surface area contributed by atoms with Crippen molar-refractivity contribution in [3.63, 3.8) is 0 Å². The summed E-state index contributed by atoms with van der Waals surface area (Å²) >= 11 is 0. The largest absolute Gasteiger partial charge is 0.528 e. The topological polar surface area (TPSA) is 93.1 Å². The molecule has 0 bridgehead atoms. The summed E-state index contributed by atoms with van der Waals surface area (Å²) in [4.78, 5) is 33.7. The van der Waals surface area contributed by atoms with Crippen LogP contribution in [-0.2, 0) is 10.2 Å². The Labute approximate surface area is 147 Å². The number of amides is 1. The lowest BCUT2D eigenvalue weighted by molar-refractivity contribution is 0.139. The van der Waals surface area contributed by atoms with Crippen LogP contribution in [0.15, 0.2) is 4.79 Å². The van der Waals surface area contributed by atoms with Gasteiger partial charge in [-0.15, -0.1) is 0 Å². The first-order chi connectivity index (χ1) is 11.7. The second-order valence-corrected chi connectivity index (χ2v) is 7.57. The van der Waals surface area contributed by atoms with Crippen molar-refractivity contribution in [3.8, 4) is 0 Å². The van der Waals surface area contributed by atoms with Crippen molar-refractivity contribution < 1.29 is 9.45 Å². The fourth-order valence-corrected chi connectivity index (χ4v) is 3.36. The van der Waals surface area contributed by atoms with E-state index in [2.05, 4.69) is 10.1 Å². The summed E-state index contributed by atoms with van der Waals surface area (Å²) in [6.45, 7) is 9.06. The van der Waals surface area contributed by atoms with Crippen molar-refractivity contribution in [1.82, 2.24) is 24.6 Å². The number of carbonyl (C=O) groups excluding carboxylic acids is 1. The first-order valence-electron chi connectivity index (χ1n) is 8.55. The molecule has 0 spiro atoms. The highest BCUT2D eigenvalue weighted by atomic mass is 16.5. The zero-order valence-corrected chi connectivity index (χ0v) is 15.4. The minimum absolute atomic E-state index is 0.0198. The molecule has 0 radical (unpaired) electrons. The summed E-state index contributed by atoms with van der Waals surface area (Å²) in [5.41, 5.74) is 0.807. The molecule has 3 heterocycles. The number of fused-ring (bicyclic) bond motifs is 1. The normalized spacial score (nSPS) is 18.6. The Bertz CT molecular complexity index is 867. The Hall–Kier alpha value is -2.32. The van der Waals surface area contributed by atoms with Crippen LogP contribution in [0.5, 0.6) is 0 Å². The Morgan fingerprint density at radius 1 is 1.40 bits per heavy atom. The molecule has 2 aromatic heterocycles. The standard InChI is InChI=1S/C16H24BN5O3/c1-9-11-13(22(20-9)16(2,3)4)18-12(19-14(11)23)10-6-5-7-21(8-10)15(24)25-17/h10H,5-8,17H2,1-4H3,(H,18,19,23). The lowest BCUT2D eigenvalue weighted by Crippen LogP contribution is -2.40. The number of aromatic amines is 1. The second-order valence-electron chi connectivity index (χ2n) is 7.57. The van der Waals surface area contributed by atoms with Gasteiger partial charge in [-0.2, -0.15) is 5.10 Å². The van der Waals surface area contributed by atoms with Crippen LogP contribution in [-0.4, -0.2) is 51.9 Å². The maximum absolute atomic E-state index is 12.6. The van der Waals surface area contributed by atoms with Crippen LogP contribution >= 0.6 is 0 Å². The molecule has 1 aliphatic heterocycles. The predicted octanol–water partition coefficient (Wildman–Crippen LogP) is 1.05. The highest BCUT2D eigenvalue weighted by Crippen LogP contribution is 2.27. The van der Waals surface area contributed by atoms with Gasteiger partial charge in [-0.25, -0.2) is 14.5 Å². The first kappa shape index (κ1) is 17.5. The molecule has 2 aromatic rings. The van der Waals surface area contributed by atoms with E-state index in [0.717, 1.165) is 12.8 Å². The number of aromatic nitrogens is 4. The molecular weight excluding hydrogens is 321 g/mol. The van der Waals surface area contributed by atoms with E-state index in [1.165, 1.54) is 8.05 Å². The second kappa shape index (κ2) is 6.20. The summed E-state index contributed by atoms with van der Waals surface area (Å²) in [5.74, 6) is 0.588. The van der Waals surface area contributed by atoms with Crippen molar-refractivity contribution in [2.75, 3.05) is 13.1 Å². The minimum Gasteiger partial charge on any atom is -0.528 e. The van der Waals surface area contributed by atoms with Crippen molar-refractivity contribution in [3.05, 3.63) is 21.9 Å². The van der Waals surface area contributed by atoms with Gasteiger partial charge in [-0.05, 0) is 40.5 Å². The third-order valence-corrected chi connectivity index (χ3v) is 4.61. The SMILES string of the molecule is BOC(=O)N1CCCC(c2nc3c(c(C)nn3C(C)(C)C)c(=O)[nH]2)C1. The van der Waals surface area contributed by atoms with Crippen LogP contribution in [0.4, 0.5) is 4.79 Å².